The predicted molar refractivity (Wildman–Crippen MR) is 68.4 cm³/mol. The second-order valence-electron chi connectivity index (χ2n) is 5.23. The Bertz CT molecular complexity index is 319. The molecule has 1 fully saturated rings. The van der Waals surface area contributed by atoms with Crippen molar-refractivity contribution in [3.05, 3.63) is 24.8 Å². The van der Waals surface area contributed by atoms with Crippen molar-refractivity contribution >= 4 is 5.97 Å². The normalized spacial score (nSPS) is 34.6. The third kappa shape index (κ3) is 2.62. The van der Waals surface area contributed by atoms with Gasteiger partial charge in [0.15, 0.2) is 0 Å². The molecule has 0 amide bonds. The van der Waals surface area contributed by atoms with Gasteiger partial charge in [0.1, 0.15) is 0 Å². The summed E-state index contributed by atoms with van der Waals surface area (Å²) in [5, 5.41) is 0. The Morgan fingerprint density at radius 1 is 1.53 bits per heavy atom. The Labute approximate surface area is 104 Å². The molecule has 0 aromatic rings. The molecule has 2 aliphatic rings. The first-order valence-electron chi connectivity index (χ1n) is 6.72. The van der Waals surface area contributed by atoms with Crippen LogP contribution in [0.3, 0.4) is 0 Å². The van der Waals surface area contributed by atoms with Crippen LogP contribution in [0.2, 0.25) is 0 Å². The molecule has 17 heavy (non-hydrogen) atoms. The number of ether oxygens (including phenoxy) is 1. The first-order chi connectivity index (χ1) is 8.26. The fourth-order valence-corrected chi connectivity index (χ4v) is 3.58. The van der Waals surface area contributed by atoms with E-state index >= 15 is 0 Å². The lowest BCUT2D eigenvalue weighted by molar-refractivity contribution is -0.138. The highest BCUT2D eigenvalue weighted by Crippen LogP contribution is 2.49. The zero-order valence-electron chi connectivity index (χ0n) is 10.6. The first-order valence-corrected chi connectivity index (χ1v) is 6.72. The van der Waals surface area contributed by atoms with Gasteiger partial charge in [0.2, 0.25) is 0 Å². The van der Waals surface area contributed by atoms with Crippen LogP contribution >= 0.6 is 0 Å². The van der Waals surface area contributed by atoms with E-state index in [0.717, 1.165) is 24.2 Å². The Hall–Kier alpha value is -1.05. The molecule has 0 radical (unpaired) electrons. The zero-order chi connectivity index (χ0) is 12.3. The van der Waals surface area contributed by atoms with Gasteiger partial charge in [-0.3, -0.25) is 0 Å². The minimum Gasteiger partial charge on any atom is -0.463 e. The lowest BCUT2D eigenvalue weighted by Gasteiger charge is -2.17. The Balaban J connectivity index is 1.83. The van der Waals surface area contributed by atoms with Crippen molar-refractivity contribution in [2.24, 2.45) is 23.7 Å². The average molecular weight is 234 g/mol. The summed E-state index contributed by atoms with van der Waals surface area (Å²) in [6.07, 6.45) is 10.8. The summed E-state index contributed by atoms with van der Waals surface area (Å²) >= 11 is 0. The van der Waals surface area contributed by atoms with E-state index in [1.165, 1.54) is 25.3 Å². The van der Waals surface area contributed by atoms with Crippen LogP contribution in [0.15, 0.2) is 24.8 Å². The fourth-order valence-electron chi connectivity index (χ4n) is 3.58. The third-order valence-electron chi connectivity index (χ3n) is 4.44. The molecular weight excluding hydrogens is 212 g/mol. The van der Waals surface area contributed by atoms with Crippen molar-refractivity contribution in [3.8, 4) is 0 Å². The molecule has 0 N–H and O–H groups in total. The fraction of sp³-hybridized carbons (Fsp3) is 0.667. The Kier molecular flexibility index (Phi) is 4.03. The summed E-state index contributed by atoms with van der Waals surface area (Å²) in [5.41, 5.74) is 0. The van der Waals surface area contributed by atoms with Crippen LogP contribution in [0.5, 0.6) is 0 Å². The third-order valence-corrected chi connectivity index (χ3v) is 4.44. The highest BCUT2D eigenvalue weighted by molar-refractivity contribution is 5.81. The predicted octanol–water partition coefficient (Wildman–Crippen LogP) is 3.34. The molecule has 2 rings (SSSR count). The van der Waals surface area contributed by atoms with E-state index in [-0.39, 0.29) is 5.97 Å². The monoisotopic (exact) mass is 234 g/mol. The van der Waals surface area contributed by atoms with Gasteiger partial charge in [0, 0.05) is 6.08 Å². The average Bonchev–Trinajstić information content (AvgIpc) is 2.91. The molecule has 2 heteroatoms. The molecule has 0 aromatic heterocycles. The Morgan fingerprint density at radius 3 is 3.06 bits per heavy atom. The zero-order valence-corrected chi connectivity index (χ0v) is 10.6. The maximum absolute atomic E-state index is 11.0. The Morgan fingerprint density at radius 2 is 2.35 bits per heavy atom. The van der Waals surface area contributed by atoms with E-state index in [4.69, 9.17) is 4.74 Å². The van der Waals surface area contributed by atoms with Crippen LogP contribution in [-0.2, 0) is 9.53 Å². The highest BCUT2D eigenvalue weighted by Gasteiger charge is 2.41. The van der Waals surface area contributed by atoms with Gasteiger partial charge in [-0.1, -0.05) is 32.1 Å². The van der Waals surface area contributed by atoms with Gasteiger partial charge in [-0.15, -0.1) is 0 Å². The van der Waals surface area contributed by atoms with Crippen molar-refractivity contribution in [2.45, 2.75) is 32.6 Å². The number of hydrogen-bond acceptors (Lipinski definition) is 2. The van der Waals surface area contributed by atoms with Gasteiger partial charge < -0.3 is 4.74 Å². The van der Waals surface area contributed by atoms with Gasteiger partial charge in [-0.25, -0.2) is 4.79 Å². The number of carbonyl (C=O) groups excluding carboxylic acids is 1. The number of fused-ring (bicyclic) bond motifs is 1. The highest BCUT2D eigenvalue weighted by atomic mass is 16.5. The molecule has 0 saturated heterocycles. The minimum atomic E-state index is -0.298. The number of allylic oxidation sites excluding steroid dienone is 2. The van der Waals surface area contributed by atoms with Crippen LogP contribution < -0.4 is 0 Å². The summed E-state index contributed by atoms with van der Waals surface area (Å²) in [4.78, 5) is 11.0. The SMILES string of the molecule is C=CC(=O)OCCC1CC(CC)C2CC=CC12. The van der Waals surface area contributed by atoms with Gasteiger partial charge in [-0.2, -0.15) is 0 Å². The van der Waals surface area contributed by atoms with Crippen molar-refractivity contribution in [2.75, 3.05) is 6.61 Å². The molecule has 4 atom stereocenters. The molecule has 0 heterocycles. The summed E-state index contributed by atoms with van der Waals surface area (Å²) in [6.45, 7) is 6.24. The van der Waals surface area contributed by atoms with E-state index in [1.54, 1.807) is 0 Å². The summed E-state index contributed by atoms with van der Waals surface area (Å²) in [6, 6.07) is 0. The molecule has 2 nitrogen and oxygen atoms in total. The van der Waals surface area contributed by atoms with E-state index in [2.05, 4.69) is 25.7 Å². The molecule has 94 valence electrons. The van der Waals surface area contributed by atoms with Gasteiger partial charge in [0.25, 0.3) is 0 Å². The van der Waals surface area contributed by atoms with Gasteiger partial charge in [-0.05, 0) is 42.9 Å². The largest absolute Gasteiger partial charge is 0.463 e. The van der Waals surface area contributed by atoms with Crippen molar-refractivity contribution in [1.82, 2.24) is 0 Å². The van der Waals surface area contributed by atoms with E-state index in [9.17, 15) is 4.79 Å². The number of carbonyl (C=O) groups is 1. The van der Waals surface area contributed by atoms with Crippen molar-refractivity contribution < 1.29 is 9.53 Å². The van der Waals surface area contributed by atoms with Crippen molar-refractivity contribution in [3.63, 3.8) is 0 Å². The van der Waals surface area contributed by atoms with E-state index in [0.29, 0.717) is 12.5 Å². The van der Waals surface area contributed by atoms with Crippen LogP contribution in [0.25, 0.3) is 0 Å². The molecular formula is C15H22O2. The lowest BCUT2D eigenvalue weighted by atomic mass is 9.88. The number of esters is 1. The van der Waals surface area contributed by atoms with Crippen LogP contribution in [0.4, 0.5) is 0 Å². The quantitative estimate of drug-likeness (QED) is 0.414. The number of hydrogen-bond donors (Lipinski definition) is 0. The van der Waals surface area contributed by atoms with Crippen molar-refractivity contribution in [1.29, 1.82) is 0 Å². The van der Waals surface area contributed by atoms with Crippen LogP contribution in [-0.4, -0.2) is 12.6 Å². The first kappa shape index (κ1) is 12.4. The topological polar surface area (TPSA) is 26.3 Å². The molecule has 1 saturated carbocycles. The molecule has 0 bridgehead atoms. The second kappa shape index (κ2) is 5.52. The lowest BCUT2D eigenvalue weighted by Crippen LogP contribution is -2.13. The van der Waals surface area contributed by atoms with E-state index in [1.807, 2.05) is 0 Å². The van der Waals surface area contributed by atoms with Gasteiger partial charge in [0.05, 0.1) is 6.61 Å². The summed E-state index contributed by atoms with van der Waals surface area (Å²) < 4.78 is 5.09. The minimum absolute atomic E-state index is 0.298. The maximum Gasteiger partial charge on any atom is 0.330 e. The number of rotatable bonds is 5. The smallest absolute Gasteiger partial charge is 0.330 e. The summed E-state index contributed by atoms with van der Waals surface area (Å²) in [5.74, 6) is 2.88. The second-order valence-corrected chi connectivity index (χ2v) is 5.23. The molecule has 2 aliphatic carbocycles. The molecule has 0 aliphatic heterocycles. The summed E-state index contributed by atoms with van der Waals surface area (Å²) in [7, 11) is 0. The van der Waals surface area contributed by atoms with Gasteiger partial charge >= 0.3 is 5.97 Å². The van der Waals surface area contributed by atoms with Crippen LogP contribution in [0, 0.1) is 23.7 Å². The van der Waals surface area contributed by atoms with Crippen LogP contribution in [0.1, 0.15) is 32.6 Å². The molecule has 0 spiro atoms. The molecule has 0 aromatic carbocycles. The maximum atomic E-state index is 11.0. The van der Waals surface area contributed by atoms with E-state index < -0.39 is 0 Å². The standard InChI is InChI=1S/C15H22O2/c1-3-11-10-12(8-9-17-15(16)4-2)14-7-5-6-13(11)14/h4-5,7,11-14H,2-3,6,8-10H2,1H3. The molecule has 4 unspecified atom stereocenters.